The highest BCUT2D eigenvalue weighted by Crippen LogP contribution is 2.26. The molecular weight excluding hydrogens is 270 g/mol. The topological polar surface area (TPSA) is 68.5 Å². The standard InChI is InChI=1S/C15H17N3O3/c1-10-16-15(21-17-10)12-8-18(9-12)14(19)7-11-4-3-5-13(6-11)20-2/h3-6,12H,7-9H2,1-2H3. The maximum Gasteiger partial charge on any atom is 0.233 e. The molecule has 1 aliphatic rings. The molecule has 6 nitrogen and oxygen atoms in total. The van der Waals surface area contributed by atoms with Crippen molar-refractivity contribution in [1.82, 2.24) is 15.0 Å². The third-order valence-electron chi connectivity index (χ3n) is 3.62. The third kappa shape index (κ3) is 2.89. The molecule has 0 saturated carbocycles. The molecule has 2 heterocycles. The van der Waals surface area contributed by atoms with E-state index in [2.05, 4.69) is 10.1 Å². The lowest BCUT2D eigenvalue weighted by Crippen LogP contribution is -2.49. The molecule has 110 valence electrons. The molecular formula is C15H17N3O3. The summed E-state index contributed by atoms with van der Waals surface area (Å²) in [5, 5.41) is 3.77. The lowest BCUT2D eigenvalue weighted by atomic mass is 9.99. The van der Waals surface area contributed by atoms with Crippen LogP contribution in [0.4, 0.5) is 0 Å². The number of methoxy groups -OCH3 is 1. The second-order valence-electron chi connectivity index (χ2n) is 5.20. The number of hydrogen-bond donors (Lipinski definition) is 0. The van der Waals surface area contributed by atoms with Gasteiger partial charge < -0.3 is 14.2 Å². The summed E-state index contributed by atoms with van der Waals surface area (Å²) in [5.41, 5.74) is 0.955. The Morgan fingerprint density at radius 2 is 2.29 bits per heavy atom. The molecule has 1 amide bonds. The van der Waals surface area contributed by atoms with Gasteiger partial charge in [-0.2, -0.15) is 4.98 Å². The van der Waals surface area contributed by atoms with Crippen molar-refractivity contribution in [3.63, 3.8) is 0 Å². The summed E-state index contributed by atoms with van der Waals surface area (Å²) in [5.74, 6) is 2.29. The van der Waals surface area contributed by atoms with Crippen LogP contribution in [0, 0.1) is 6.92 Å². The fraction of sp³-hybridized carbons (Fsp3) is 0.400. The molecule has 1 aliphatic heterocycles. The predicted molar refractivity (Wildman–Crippen MR) is 75.1 cm³/mol. The van der Waals surface area contributed by atoms with Crippen LogP contribution in [-0.4, -0.2) is 41.1 Å². The quantitative estimate of drug-likeness (QED) is 0.853. The van der Waals surface area contributed by atoms with Crippen molar-refractivity contribution in [3.05, 3.63) is 41.5 Å². The first-order chi connectivity index (χ1) is 10.2. The summed E-state index contributed by atoms with van der Waals surface area (Å²) < 4.78 is 10.3. The normalized spacial score (nSPS) is 14.9. The minimum Gasteiger partial charge on any atom is -0.497 e. The average molecular weight is 287 g/mol. The summed E-state index contributed by atoms with van der Waals surface area (Å²) in [6, 6.07) is 7.57. The van der Waals surface area contributed by atoms with Crippen molar-refractivity contribution < 1.29 is 14.1 Å². The number of aryl methyl sites for hydroxylation is 1. The molecule has 21 heavy (non-hydrogen) atoms. The zero-order valence-electron chi connectivity index (χ0n) is 12.1. The number of aromatic nitrogens is 2. The molecule has 2 aromatic rings. The highest BCUT2D eigenvalue weighted by Gasteiger charge is 2.35. The van der Waals surface area contributed by atoms with Crippen molar-refractivity contribution in [3.8, 4) is 5.75 Å². The number of likely N-dealkylation sites (tertiary alicyclic amines) is 1. The maximum atomic E-state index is 12.2. The second-order valence-corrected chi connectivity index (χ2v) is 5.20. The van der Waals surface area contributed by atoms with Crippen LogP contribution < -0.4 is 4.74 Å². The van der Waals surface area contributed by atoms with Gasteiger partial charge >= 0.3 is 0 Å². The van der Waals surface area contributed by atoms with Gasteiger partial charge in [-0.15, -0.1) is 0 Å². The minimum absolute atomic E-state index is 0.107. The first kappa shape index (κ1) is 13.6. The Morgan fingerprint density at radius 1 is 1.48 bits per heavy atom. The monoisotopic (exact) mass is 287 g/mol. The van der Waals surface area contributed by atoms with Gasteiger partial charge in [0.25, 0.3) is 0 Å². The average Bonchev–Trinajstić information content (AvgIpc) is 2.83. The third-order valence-corrected chi connectivity index (χ3v) is 3.62. The Labute approximate surface area is 122 Å². The van der Waals surface area contributed by atoms with Crippen LogP contribution in [0.3, 0.4) is 0 Å². The summed E-state index contributed by atoms with van der Waals surface area (Å²) >= 11 is 0. The Bertz CT molecular complexity index is 647. The Morgan fingerprint density at radius 3 is 2.95 bits per heavy atom. The van der Waals surface area contributed by atoms with E-state index in [0.29, 0.717) is 31.2 Å². The number of nitrogens with zero attached hydrogens (tertiary/aromatic N) is 3. The van der Waals surface area contributed by atoms with Gasteiger partial charge in [0, 0.05) is 13.1 Å². The van der Waals surface area contributed by atoms with Crippen molar-refractivity contribution in [1.29, 1.82) is 0 Å². The highest BCUT2D eigenvalue weighted by molar-refractivity contribution is 5.79. The molecule has 6 heteroatoms. The minimum atomic E-state index is 0.107. The van der Waals surface area contributed by atoms with Gasteiger partial charge in [0.05, 0.1) is 19.4 Å². The van der Waals surface area contributed by atoms with Crippen LogP contribution in [0.1, 0.15) is 23.2 Å². The van der Waals surface area contributed by atoms with Crippen molar-refractivity contribution in [2.24, 2.45) is 0 Å². The molecule has 0 spiro atoms. The van der Waals surface area contributed by atoms with Gasteiger partial charge in [0.15, 0.2) is 5.82 Å². The van der Waals surface area contributed by atoms with Gasteiger partial charge in [-0.05, 0) is 24.6 Å². The summed E-state index contributed by atoms with van der Waals surface area (Å²) in [6.45, 7) is 3.08. The van der Waals surface area contributed by atoms with Gasteiger partial charge in [-0.1, -0.05) is 17.3 Å². The van der Waals surface area contributed by atoms with Crippen LogP contribution in [0.2, 0.25) is 0 Å². The number of rotatable bonds is 4. The maximum absolute atomic E-state index is 12.2. The van der Waals surface area contributed by atoms with E-state index in [0.717, 1.165) is 11.3 Å². The Balaban J connectivity index is 1.55. The molecule has 0 atom stereocenters. The molecule has 1 saturated heterocycles. The van der Waals surface area contributed by atoms with Crippen molar-refractivity contribution in [2.45, 2.75) is 19.3 Å². The molecule has 0 aliphatic carbocycles. The number of amides is 1. The van der Waals surface area contributed by atoms with E-state index >= 15 is 0 Å². The number of benzene rings is 1. The van der Waals surface area contributed by atoms with E-state index in [9.17, 15) is 4.79 Å². The summed E-state index contributed by atoms with van der Waals surface area (Å²) in [7, 11) is 1.62. The zero-order chi connectivity index (χ0) is 14.8. The van der Waals surface area contributed by atoms with Crippen LogP contribution >= 0.6 is 0 Å². The van der Waals surface area contributed by atoms with Gasteiger partial charge in [0.1, 0.15) is 5.75 Å². The largest absolute Gasteiger partial charge is 0.497 e. The molecule has 1 aromatic carbocycles. The summed E-state index contributed by atoms with van der Waals surface area (Å²) in [4.78, 5) is 18.2. The highest BCUT2D eigenvalue weighted by atomic mass is 16.5. The predicted octanol–water partition coefficient (Wildman–Crippen LogP) is 1.56. The molecule has 0 bridgehead atoms. The lowest BCUT2D eigenvalue weighted by molar-refractivity contribution is -0.135. The van der Waals surface area contributed by atoms with Crippen LogP contribution in [-0.2, 0) is 11.2 Å². The van der Waals surface area contributed by atoms with Crippen molar-refractivity contribution in [2.75, 3.05) is 20.2 Å². The zero-order valence-corrected chi connectivity index (χ0v) is 12.1. The molecule has 1 fully saturated rings. The Hall–Kier alpha value is -2.37. The van der Waals surface area contributed by atoms with E-state index < -0.39 is 0 Å². The fourth-order valence-electron chi connectivity index (χ4n) is 2.39. The van der Waals surface area contributed by atoms with E-state index in [-0.39, 0.29) is 11.8 Å². The molecule has 0 N–H and O–H groups in total. The number of carbonyl (C=O) groups is 1. The van der Waals surface area contributed by atoms with Gasteiger partial charge in [0.2, 0.25) is 11.8 Å². The number of hydrogen-bond acceptors (Lipinski definition) is 5. The van der Waals surface area contributed by atoms with Crippen LogP contribution in [0.5, 0.6) is 5.75 Å². The molecule has 1 aromatic heterocycles. The van der Waals surface area contributed by atoms with Crippen LogP contribution in [0.25, 0.3) is 0 Å². The van der Waals surface area contributed by atoms with E-state index in [1.165, 1.54) is 0 Å². The van der Waals surface area contributed by atoms with E-state index in [1.807, 2.05) is 29.2 Å². The van der Waals surface area contributed by atoms with E-state index in [1.54, 1.807) is 14.0 Å². The fourth-order valence-corrected chi connectivity index (χ4v) is 2.39. The molecule has 0 unspecified atom stereocenters. The lowest BCUT2D eigenvalue weighted by Gasteiger charge is -2.37. The first-order valence-electron chi connectivity index (χ1n) is 6.86. The number of carbonyl (C=O) groups excluding carboxylic acids is 1. The van der Waals surface area contributed by atoms with Gasteiger partial charge in [-0.3, -0.25) is 4.79 Å². The second kappa shape index (κ2) is 5.55. The smallest absolute Gasteiger partial charge is 0.233 e. The molecule has 3 rings (SSSR count). The van der Waals surface area contributed by atoms with Crippen LogP contribution in [0.15, 0.2) is 28.8 Å². The molecule has 0 radical (unpaired) electrons. The SMILES string of the molecule is COc1cccc(CC(=O)N2CC(c3nc(C)no3)C2)c1. The van der Waals surface area contributed by atoms with Gasteiger partial charge in [-0.25, -0.2) is 0 Å². The Kier molecular flexibility index (Phi) is 3.60. The summed E-state index contributed by atoms with van der Waals surface area (Å²) in [6.07, 6.45) is 0.382. The van der Waals surface area contributed by atoms with Crippen molar-refractivity contribution >= 4 is 5.91 Å². The number of ether oxygens (including phenoxy) is 1. The van der Waals surface area contributed by atoms with E-state index in [4.69, 9.17) is 9.26 Å². The first-order valence-corrected chi connectivity index (χ1v) is 6.86.